The second kappa shape index (κ2) is 7.48. The van der Waals surface area contributed by atoms with Crippen LogP contribution in [-0.4, -0.2) is 26.5 Å². The van der Waals surface area contributed by atoms with Crippen LogP contribution in [0.15, 0.2) is 53.4 Å². The first-order valence-corrected chi connectivity index (χ1v) is 10.8. The standard InChI is InChI=1S/C20H14Cl2N2O5S/c1-23-30(27,28)12-8-13(20(25)26)19-18(9-12)29-17-5-3-11(7-16(17)24-19)10-2-4-14(21)15(22)6-10/h2-9,23-24H,1H3,(H,25,26). The zero-order valence-electron chi connectivity index (χ0n) is 15.4. The van der Waals surface area contributed by atoms with Gasteiger partial charge in [0.15, 0.2) is 11.5 Å². The van der Waals surface area contributed by atoms with E-state index in [1.807, 2.05) is 6.07 Å². The van der Waals surface area contributed by atoms with Gasteiger partial charge in [-0.05, 0) is 48.5 Å². The number of carboxylic acids is 1. The molecule has 0 saturated carbocycles. The van der Waals surface area contributed by atoms with Crippen LogP contribution in [0.1, 0.15) is 10.4 Å². The molecule has 0 radical (unpaired) electrons. The molecule has 30 heavy (non-hydrogen) atoms. The van der Waals surface area contributed by atoms with Crippen molar-refractivity contribution in [1.82, 2.24) is 4.72 Å². The molecular weight excluding hydrogens is 451 g/mol. The predicted molar refractivity (Wildman–Crippen MR) is 115 cm³/mol. The Bertz CT molecular complexity index is 1310. The maximum absolute atomic E-state index is 12.2. The first-order valence-electron chi connectivity index (χ1n) is 8.59. The van der Waals surface area contributed by atoms with Gasteiger partial charge in [0, 0.05) is 6.07 Å². The highest BCUT2D eigenvalue weighted by Crippen LogP contribution is 2.46. The van der Waals surface area contributed by atoms with Gasteiger partial charge < -0.3 is 15.2 Å². The molecule has 10 heteroatoms. The number of anilines is 2. The number of nitrogens with one attached hydrogen (secondary N) is 2. The normalized spacial score (nSPS) is 12.4. The lowest BCUT2D eigenvalue weighted by atomic mass is 10.0. The molecule has 1 aliphatic heterocycles. The highest BCUT2D eigenvalue weighted by Gasteiger charge is 2.27. The maximum atomic E-state index is 12.2. The number of fused-ring (bicyclic) bond motifs is 2. The number of hydrogen-bond acceptors (Lipinski definition) is 5. The number of halogens is 2. The molecule has 0 aromatic heterocycles. The van der Waals surface area contributed by atoms with Gasteiger partial charge in [-0.1, -0.05) is 35.3 Å². The summed E-state index contributed by atoms with van der Waals surface area (Å²) >= 11 is 12.1. The highest BCUT2D eigenvalue weighted by atomic mass is 35.5. The third-order valence-corrected chi connectivity index (χ3v) is 6.73. The van der Waals surface area contributed by atoms with Crippen LogP contribution in [0, 0.1) is 0 Å². The maximum Gasteiger partial charge on any atom is 0.338 e. The van der Waals surface area contributed by atoms with Crippen LogP contribution >= 0.6 is 23.2 Å². The van der Waals surface area contributed by atoms with E-state index in [2.05, 4.69) is 10.0 Å². The molecule has 1 aliphatic rings. The molecule has 7 nitrogen and oxygen atoms in total. The fraction of sp³-hybridized carbons (Fsp3) is 0.0500. The minimum absolute atomic E-state index is 0.0958. The lowest BCUT2D eigenvalue weighted by Crippen LogP contribution is -2.20. The Kier molecular flexibility index (Phi) is 5.11. The molecule has 3 N–H and O–H groups in total. The Morgan fingerprint density at radius 2 is 1.70 bits per heavy atom. The van der Waals surface area contributed by atoms with E-state index < -0.39 is 16.0 Å². The number of ether oxygens (including phenoxy) is 1. The molecule has 0 unspecified atom stereocenters. The van der Waals surface area contributed by atoms with Crippen molar-refractivity contribution in [1.29, 1.82) is 0 Å². The van der Waals surface area contributed by atoms with Crippen LogP contribution < -0.4 is 14.8 Å². The highest BCUT2D eigenvalue weighted by molar-refractivity contribution is 7.89. The second-order valence-corrected chi connectivity index (χ2v) is 9.12. The molecule has 3 aromatic carbocycles. The molecule has 0 aliphatic carbocycles. The average molecular weight is 465 g/mol. The van der Waals surface area contributed by atoms with Crippen molar-refractivity contribution in [3.8, 4) is 22.6 Å². The summed E-state index contributed by atoms with van der Waals surface area (Å²) in [6.45, 7) is 0. The number of aromatic carboxylic acids is 1. The first-order chi connectivity index (χ1) is 14.2. The number of carbonyl (C=O) groups is 1. The van der Waals surface area contributed by atoms with Crippen LogP contribution in [0.25, 0.3) is 11.1 Å². The van der Waals surface area contributed by atoms with Crippen LogP contribution in [0.3, 0.4) is 0 Å². The van der Waals surface area contributed by atoms with E-state index >= 15 is 0 Å². The van der Waals surface area contributed by atoms with E-state index in [4.69, 9.17) is 27.9 Å². The Balaban J connectivity index is 1.80. The molecular formula is C20H14Cl2N2O5S. The van der Waals surface area contributed by atoms with Gasteiger partial charge in [0.25, 0.3) is 0 Å². The first kappa shape index (κ1) is 20.5. The SMILES string of the molecule is CNS(=O)(=O)c1cc2c(c(C(=O)O)c1)Nc1cc(-c3ccc(Cl)c(Cl)c3)ccc1O2. The zero-order chi connectivity index (χ0) is 21.6. The van der Waals surface area contributed by atoms with Gasteiger partial charge >= 0.3 is 5.97 Å². The van der Waals surface area contributed by atoms with Crippen LogP contribution in [0.2, 0.25) is 10.0 Å². The van der Waals surface area contributed by atoms with Crippen LogP contribution in [-0.2, 0) is 10.0 Å². The zero-order valence-corrected chi connectivity index (χ0v) is 17.7. The van der Waals surface area contributed by atoms with E-state index in [1.54, 1.807) is 30.3 Å². The lowest BCUT2D eigenvalue weighted by Gasteiger charge is -2.24. The van der Waals surface area contributed by atoms with E-state index in [0.29, 0.717) is 21.5 Å². The van der Waals surface area contributed by atoms with Gasteiger partial charge in [-0.25, -0.2) is 17.9 Å². The average Bonchev–Trinajstić information content (AvgIpc) is 2.72. The van der Waals surface area contributed by atoms with Crippen molar-refractivity contribution < 1.29 is 23.1 Å². The molecule has 0 fully saturated rings. The lowest BCUT2D eigenvalue weighted by molar-refractivity contribution is 0.0697. The Labute approximate surface area is 182 Å². The largest absolute Gasteiger partial charge is 0.478 e. The van der Waals surface area contributed by atoms with E-state index in [0.717, 1.165) is 17.2 Å². The summed E-state index contributed by atoms with van der Waals surface area (Å²) in [7, 11) is -2.62. The van der Waals surface area contributed by atoms with Gasteiger partial charge in [0.2, 0.25) is 10.0 Å². The fourth-order valence-corrected chi connectivity index (χ4v) is 4.14. The minimum Gasteiger partial charge on any atom is -0.478 e. The van der Waals surface area contributed by atoms with Gasteiger partial charge in [0.05, 0.1) is 31.9 Å². The summed E-state index contributed by atoms with van der Waals surface area (Å²) in [5, 5.41) is 13.5. The van der Waals surface area contributed by atoms with E-state index in [9.17, 15) is 18.3 Å². The molecule has 0 atom stereocenters. The molecule has 0 bridgehead atoms. The van der Waals surface area contributed by atoms with E-state index in [1.165, 1.54) is 13.1 Å². The molecule has 1 heterocycles. The Hall–Kier alpha value is -2.78. The van der Waals surface area contributed by atoms with Gasteiger partial charge in [0.1, 0.15) is 0 Å². The summed E-state index contributed by atoms with van der Waals surface area (Å²) in [6.07, 6.45) is 0. The summed E-state index contributed by atoms with van der Waals surface area (Å²) in [5.41, 5.74) is 2.08. The summed E-state index contributed by atoms with van der Waals surface area (Å²) in [4.78, 5) is 11.6. The van der Waals surface area contributed by atoms with Crippen LogP contribution in [0.4, 0.5) is 11.4 Å². The number of carboxylic acid groups (broad SMARTS) is 1. The van der Waals surface area contributed by atoms with Crippen LogP contribution in [0.5, 0.6) is 11.5 Å². The molecule has 154 valence electrons. The number of benzene rings is 3. The fourth-order valence-electron chi connectivity index (χ4n) is 3.07. The number of hydrogen-bond donors (Lipinski definition) is 3. The summed E-state index contributed by atoms with van der Waals surface area (Å²) in [6, 6.07) is 12.9. The monoisotopic (exact) mass is 464 g/mol. The molecule has 3 aromatic rings. The minimum atomic E-state index is -3.86. The number of sulfonamides is 1. The van der Waals surface area contributed by atoms with Crippen molar-refractivity contribution in [2.24, 2.45) is 0 Å². The van der Waals surface area contributed by atoms with Gasteiger partial charge in [-0.15, -0.1) is 0 Å². The van der Waals surface area contributed by atoms with Crippen molar-refractivity contribution >= 4 is 50.6 Å². The van der Waals surface area contributed by atoms with Gasteiger partial charge in [-0.3, -0.25) is 0 Å². The molecule has 0 saturated heterocycles. The predicted octanol–water partition coefficient (Wildman–Crippen LogP) is 5.12. The van der Waals surface area contributed by atoms with Gasteiger partial charge in [-0.2, -0.15) is 0 Å². The van der Waals surface area contributed by atoms with Crippen molar-refractivity contribution in [3.05, 3.63) is 64.1 Å². The Morgan fingerprint density at radius 1 is 1.00 bits per heavy atom. The summed E-state index contributed by atoms with van der Waals surface area (Å²) < 4.78 is 32.3. The second-order valence-electron chi connectivity index (χ2n) is 6.42. The third kappa shape index (κ3) is 3.59. The topological polar surface area (TPSA) is 105 Å². The summed E-state index contributed by atoms with van der Waals surface area (Å²) in [5.74, 6) is -0.778. The molecule has 0 amide bonds. The quantitative estimate of drug-likeness (QED) is 0.387. The number of rotatable bonds is 4. The van der Waals surface area contributed by atoms with Crippen molar-refractivity contribution in [2.75, 3.05) is 12.4 Å². The smallest absolute Gasteiger partial charge is 0.338 e. The Morgan fingerprint density at radius 3 is 2.37 bits per heavy atom. The van der Waals surface area contributed by atoms with E-state index in [-0.39, 0.29) is 21.9 Å². The van der Waals surface area contributed by atoms with Crippen molar-refractivity contribution in [2.45, 2.75) is 4.90 Å². The third-order valence-electron chi connectivity index (χ3n) is 4.60. The molecule has 0 spiro atoms. The molecule has 4 rings (SSSR count). The van der Waals surface area contributed by atoms with Crippen molar-refractivity contribution in [3.63, 3.8) is 0 Å².